The molecular formula is C20H18F3N5O4S2. The average Bonchev–Trinajstić information content (AvgIpc) is 3.25. The molecule has 0 saturated carbocycles. The first-order valence-corrected chi connectivity index (χ1v) is 12.6. The first-order valence-electron chi connectivity index (χ1n) is 9.74. The largest absolute Gasteiger partial charge is 0.573 e. The summed E-state index contributed by atoms with van der Waals surface area (Å²) < 4.78 is 66.0. The number of fused-ring (bicyclic) bond motifs is 2. The second-order valence-electron chi connectivity index (χ2n) is 7.41. The standard InChI is InChI=1S/C20H18F3N5O4S2/c1-28-15-6-3-11(17(29)24-7-8-34(2,30)31)9-14(15)25-18(28)27-19-26-13-5-4-12(10-16(13)33-19)32-20(21,22)23/h3-6,9-10H,7-8H2,1-2H3,(H,24,29)(H,25,26,27). The van der Waals surface area contributed by atoms with Gasteiger partial charge in [-0.25, -0.2) is 18.4 Å². The first kappa shape index (κ1) is 23.8. The lowest BCUT2D eigenvalue weighted by atomic mass is 10.2. The average molecular weight is 514 g/mol. The number of carbonyl (C=O) groups is 1. The molecule has 0 aliphatic carbocycles. The molecule has 2 aromatic carbocycles. The van der Waals surface area contributed by atoms with Crippen LogP contribution in [0.15, 0.2) is 36.4 Å². The number of imidazole rings is 1. The van der Waals surface area contributed by atoms with Gasteiger partial charge in [-0.1, -0.05) is 11.3 Å². The number of nitrogens with one attached hydrogen (secondary N) is 2. The third-order valence-corrected chi connectivity index (χ3v) is 6.59. The Morgan fingerprint density at radius 2 is 1.91 bits per heavy atom. The van der Waals surface area contributed by atoms with Gasteiger partial charge in [0.05, 0.1) is 27.0 Å². The number of ether oxygens (including phenoxy) is 1. The van der Waals surface area contributed by atoms with Crippen LogP contribution in [0.1, 0.15) is 10.4 Å². The topological polar surface area (TPSA) is 115 Å². The fourth-order valence-corrected chi connectivity index (χ4v) is 4.52. The van der Waals surface area contributed by atoms with E-state index in [0.29, 0.717) is 32.4 Å². The quantitative estimate of drug-likeness (QED) is 0.388. The fourth-order valence-electron chi connectivity index (χ4n) is 3.16. The molecule has 1 amide bonds. The van der Waals surface area contributed by atoms with Crippen molar-refractivity contribution in [3.8, 4) is 5.75 Å². The molecule has 0 saturated heterocycles. The first-order chi connectivity index (χ1) is 15.9. The van der Waals surface area contributed by atoms with E-state index >= 15 is 0 Å². The van der Waals surface area contributed by atoms with Gasteiger partial charge in [0.1, 0.15) is 15.6 Å². The molecule has 180 valence electrons. The third kappa shape index (κ3) is 5.56. The van der Waals surface area contributed by atoms with Crippen molar-refractivity contribution in [2.24, 2.45) is 7.05 Å². The van der Waals surface area contributed by atoms with E-state index in [1.807, 2.05) is 0 Å². The number of halogens is 3. The molecule has 0 aliphatic rings. The van der Waals surface area contributed by atoms with Crippen LogP contribution in [0.2, 0.25) is 0 Å². The molecule has 0 bridgehead atoms. The lowest BCUT2D eigenvalue weighted by Crippen LogP contribution is -2.28. The van der Waals surface area contributed by atoms with Crippen molar-refractivity contribution >= 4 is 59.4 Å². The number of aromatic nitrogens is 3. The molecular weight excluding hydrogens is 495 g/mol. The van der Waals surface area contributed by atoms with Crippen LogP contribution in [0.3, 0.4) is 0 Å². The minimum Gasteiger partial charge on any atom is -0.406 e. The summed E-state index contributed by atoms with van der Waals surface area (Å²) in [4.78, 5) is 21.2. The number of hydrogen-bond acceptors (Lipinski definition) is 8. The molecule has 4 rings (SSSR count). The van der Waals surface area contributed by atoms with Crippen LogP contribution in [-0.4, -0.2) is 53.8 Å². The zero-order valence-electron chi connectivity index (χ0n) is 17.8. The fraction of sp³-hybridized carbons (Fsp3) is 0.250. The smallest absolute Gasteiger partial charge is 0.406 e. The van der Waals surface area contributed by atoms with E-state index in [2.05, 4.69) is 25.3 Å². The second kappa shape index (κ2) is 8.76. The molecule has 0 atom stereocenters. The Morgan fingerprint density at radius 3 is 2.62 bits per heavy atom. The van der Waals surface area contributed by atoms with Crippen molar-refractivity contribution in [3.05, 3.63) is 42.0 Å². The van der Waals surface area contributed by atoms with Gasteiger partial charge in [0.2, 0.25) is 5.95 Å². The van der Waals surface area contributed by atoms with Crippen molar-refractivity contribution in [1.82, 2.24) is 19.9 Å². The van der Waals surface area contributed by atoms with Gasteiger partial charge in [-0.2, -0.15) is 0 Å². The number of amides is 1. The van der Waals surface area contributed by atoms with E-state index in [1.54, 1.807) is 29.8 Å². The summed E-state index contributed by atoms with van der Waals surface area (Å²) in [5, 5.41) is 6.02. The molecule has 2 heterocycles. The van der Waals surface area contributed by atoms with Crippen LogP contribution >= 0.6 is 11.3 Å². The Labute approximate surface area is 195 Å². The Morgan fingerprint density at radius 1 is 1.15 bits per heavy atom. The van der Waals surface area contributed by atoms with Crippen LogP contribution in [0.4, 0.5) is 24.3 Å². The number of rotatable bonds is 7. The zero-order chi connectivity index (χ0) is 24.7. The van der Waals surface area contributed by atoms with Crippen molar-refractivity contribution in [2.75, 3.05) is 23.9 Å². The highest BCUT2D eigenvalue weighted by Crippen LogP contribution is 2.33. The number of anilines is 2. The molecule has 0 radical (unpaired) electrons. The molecule has 0 unspecified atom stereocenters. The van der Waals surface area contributed by atoms with E-state index in [0.717, 1.165) is 23.1 Å². The lowest BCUT2D eigenvalue weighted by Gasteiger charge is -2.07. The summed E-state index contributed by atoms with van der Waals surface area (Å²) in [5.74, 6) is -0.505. The number of nitrogens with zero attached hydrogens (tertiary/aromatic N) is 3. The molecule has 2 aromatic heterocycles. The molecule has 14 heteroatoms. The minimum absolute atomic E-state index is 0.00193. The van der Waals surface area contributed by atoms with Gasteiger partial charge in [-0.05, 0) is 30.3 Å². The van der Waals surface area contributed by atoms with Crippen LogP contribution in [0, 0.1) is 0 Å². The van der Waals surface area contributed by atoms with Gasteiger partial charge < -0.3 is 19.9 Å². The van der Waals surface area contributed by atoms with Gasteiger partial charge in [-0.15, -0.1) is 13.2 Å². The Bertz CT molecular complexity index is 1500. The van der Waals surface area contributed by atoms with Crippen molar-refractivity contribution in [1.29, 1.82) is 0 Å². The number of hydrogen-bond donors (Lipinski definition) is 2. The SMILES string of the molecule is Cn1c(Nc2nc3ccc(OC(F)(F)F)cc3s2)nc2cc(C(=O)NCCS(C)(=O)=O)ccc21. The summed E-state index contributed by atoms with van der Waals surface area (Å²) in [5.41, 5.74) is 2.05. The predicted molar refractivity (Wildman–Crippen MR) is 122 cm³/mol. The number of sulfone groups is 1. The van der Waals surface area contributed by atoms with Gasteiger partial charge in [0.25, 0.3) is 5.91 Å². The van der Waals surface area contributed by atoms with E-state index in [4.69, 9.17) is 0 Å². The highest BCUT2D eigenvalue weighted by atomic mass is 32.2. The summed E-state index contributed by atoms with van der Waals surface area (Å²) >= 11 is 1.13. The van der Waals surface area contributed by atoms with E-state index in [1.165, 1.54) is 18.2 Å². The third-order valence-electron chi connectivity index (χ3n) is 4.71. The van der Waals surface area contributed by atoms with Crippen LogP contribution in [0.5, 0.6) is 5.75 Å². The Hall–Kier alpha value is -3.39. The van der Waals surface area contributed by atoms with Gasteiger partial charge in [0.15, 0.2) is 5.13 Å². The van der Waals surface area contributed by atoms with Gasteiger partial charge in [0, 0.05) is 31.5 Å². The molecule has 0 aliphatic heterocycles. The van der Waals surface area contributed by atoms with Crippen molar-refractivity contribution < 1.29 is 31.1 Å². The number of thiazole rings is 1. The van der Waals surface area contributed by atoms with Crippen molar-refractivity contribution in [2.45, 2.75) is 6.36 Å². The van der Waals surface area contributed by atoms with Gasteiger partial charge in [-0.3, -0.25) is 4.79 Å². The number of aryl methyl sites for hydroxylation is 1. The number of alkyl halides is 3. The molecule has 4 aromatic rings. The molecule has 0 fully saturated rings. The maximum atomic E-state index is 12.5. The second-order valence-corrected chi connectivity index (χ2v) is 10.7. The molecule has 0 spiro atoms. The summed E-state index contributed by atoms with van der Waals surface area (Å²) in [6.07, 6.45) is -3.69. The van der Waals surface area contributed by atoms with E-state index in [9.17, 15) is 26.4 Å². The van der Waals surface area contributed by atoms with Gasteiger partial charge >= 0.3 is 6.36 Å². The lowest BCUT2D eigenvalue weighted by molar-refractivity contribution is -0.274. The molecule has 2 N–H and O–H groups in total. The van der Waals surface area contributed by atoms with Crippen LogP contribution in [-0.2, 0) is 16.9 Å². The highest BCUT2D eigenvalue weighted by Gasteiger charge is 2.31. The number of carbonyl (C=O) groups excluding carboxylic acids is 1. The molecule has 9 nitrogen and oxygen atoms in total. The minimum atomic E-state index is -4.78. The number of benzene rings is 2. The zero-order valence-corrected chi connectivity index (χ0v) is 19.4. The summed E-state index contributed by atoms with van der Waals surface area (Å²) in [7, 11) is -1.43. The van der Waals surface area contributed by atoms with Crippen LogP contribution in [0.25, 0.3) is 21.3 Å². The maximum absolute atomic E-state index is 12.5. The van der Waals surface area contributed by atoms with Crippen LogP contribution < -0.4 is 15.4 Å². The highest BCUT2D eigenvalue weighted by molar-refractivity contribution is 7.90. The summed E-state index contributed by atoms with van der Waals surface area (Å²) in [6.45, 7) is -0.00193. The van der Waals surface area contributed by atoms with E-state index < -0.39 is 22.1 Å². The maximum Gasteiger partial charge on any atom is 0.573 e. The normalized spacial score (nSPS) is 12.3. The monoisotopic (exact) mass is 513 g/mol. The summed E-state index contributed by atoms with van der Waals surface area (Å²) in [6, 6.07) is 8.77. The van der Waals surface area contributed by atoms with E-state index in [-0.39, 0.29) is 18.0 Å². The Kier molecular flexibility index (Phi) is 6.12. The Balaban J connectivity index is 1.53. The van der Waals surface area contributed by atoms with Crippen molar-refractivity contribution in [3.63, 3.8) is 0 Å². The molecule has 34 heavy (non-hydrogen) atoms. The predicted octanol–water partition coefficient (Wildman–Crippen LogP) is 3.60.